The van der Waals surface area contributed by atoms with Crippen LogP contribution in [0.5, 0.6) is 0 Å². The molecule has 0 aromatic heterocycles. The highest BCUT2D eigenvalue weighted by molar-refractivity contribution is 5.65. The van der Waals surface area contributed by atoms with Gasteiger partial charge in [0.05, 0.1) is 0 Å². The van der Waals surface area contributed by atoms with Crippen molar-refractivity contribution in [3.05, 3.63) is 41.6 Å². The third-order valence-electron chi connectivity index (χ3n) is 2.41. The quantitative estimate of drug-likeness (QED) is 0.767. The van der Waals surface area contributed by atoms with Gasteiger partial charge < -0.3 is 5.32 Å². The van der Waals surface area contributed by atoms with Gasteiger partial charge in [0.15, 0.2) is 0 Å². The molecule has 0 aliphatic carbocycles. The maximum atomic E-state index is 3.09. The Labute approximate surface area is 86.8 Å². The van der Waals surface area contributed by atoms with E-state index in [1.54, 1.807) is 0 Å². The van der Waals surface area contributed by atoms with Gasteiger partial charge in [-0.2, -0.15) is 0 Å². The molecule has 0 fully saturated rings. The summed E-state index contributed by atoms with van der Waals surface area (Å²) in [6.07, 6.45) is 4.24. The molecule has 0 unspecified atom stereocenters. The van der Waals surface area contributed by atoms with E-state index in [9.17, 15) is 0 Å². The van der Waals surface area contributed by atoms with Crippen molar-refractivity contribution in [2.24, 2.45) is 0 Å². The number of hydrogen-bond acceptors (Lipinski definition) is 1. The molecule has 0 aliphatic rings. The van der Waals surface area contributed by atoms with Crippen LogP contribution >= 0.6 is 0 Å². The highest BCUT2D eigenvalue weighted by atomic mass is 14.8. The number of hydrogen-bond donors (Lipinski definition) is 1. The van der Waals surface area contributed by atoms with Crippen LogP contribution in [0.1, 0.15) is 31.4 Å². The van der Waals surface area contributed by atoms with Crippen LogP contribution in [0.15, 0.2) is 30.5 Å². The summed E-state index contributed by atoms with van der Waals surface area (Å²) < 4.78 is 0. The summed E-state index contributed by atoms with van der Waals surface area (Å²) in [6, 6.07) is 8.75. The fraction of sp³-hybridized carbons (Fsp3) is 0.385. The molecule has 0 bridgehead atoms. The van der Waals surface area contributed by atoms with Crippen molar-refractivity contribution in [2.45, 2.75) is 26.7 Å². The minimum Gasteiger partial charge on any atom is -0.394 e. The molecule has 1 heteroatoms. The van der Waals surface area contributed by atoms with E-state index in [1.807, 2.05) is 7.05 Å². The first-order chi connectivity index (χ1) is 6.81. The monoisotopic (exact) mass is 189 g/mol. The highest BCUT2D eigenvalue weighted by Gasteiger charge is 1.99. The number of benzene rings is 1. The molecule has 1 aromatic rings. The molecule has 1 nitrogen and oxygen atoms in total. The minimum absolute atomic E-state index is 1.06. The Hall–Kier alpha value is -1.24. The molecule has 0 amide bonds. The molecule has 14 heavy (non-hydrogen) atoms. The van der Waals surface area contributed by atoms with E-state index in [2.05, 4.69) is 49.6 Å². The maximum absolute atomic E-state index is 3.09. The van der Waals surface area contributed by atoms with Gasteiger partial charge in [-0.3, -0.25) is 0 Å². The van der Waals surface area contributed by atoms with E-state index in [0.29, 0.717) is 0 Å². The summed E-state index contributed by atoms with van der Waals surface area (Å²) >= 11 is 0. The Morgan fingerprint density at radius 1 is 1.36 bits per heavy atom. The van der Waals surface area contributed by atoms with Crippen molar-refractivity contribution in [2.75, 3.05) is 7.05 Å². The zero-order valence-electron chi connectivity index (χ0n) is 9.30. The Morgan fingerprint density at radius 2 is 2.14 bits per heavy atom. The van der Waals surface area contributed by atoms with Crippen molar-refractivity contribution >= 4 is 5.57 Å². The van der Waals surface area contributed by atoms with E-state index in [1.165, 1.54) is 16.7 Å². The fourth-order valence-electron chi connectivity index (χ4n) is 1.55. The lowest BCUT2D eigenvalue weighted by Gasteiger charge is -2.06. The number of nitrogens with one attached hydrogen (secondary N) is 1. The van der Waals surface area contributed by atoms with Crippen LogP contribution in [0.25, 0.3) is 5.57 Å². The zero-order valence-corrected chi connectivity index (χ0v) is 9.30. The molecule has 0 heterocycles. The first kappa shape index (κ1) is 10.8. The highest BCUT2D eigenvalue weighted by Crippen LogP contribution is 2.18. The van der Waals surface area contributed by atoms with Crippen LogP contribution in [-0.2, 0) is 6.42 Å². The van der Waals surface area contributed by atoms with Crippen LogP contribution in [0.3, 0.4) is 0 Å². The van der Waals surface area contributed by atoms with Gasteiger partial charge in [-0.25, -0.2) is 0 Å². The normalized spacial score (nSPS) is 11.5. The van der Waals surface area contributed by atoms with E-state index in [4.69, 9.17) is 0 Å². The second-order valence-electron chi connectivity index (χ2n) is 3.37. The fourth-order valence-corrected chi connectivity index (χ4v) is 1.55. The van der Waals surface area contributed by atoms with Gasteiger partial charge in [-0.1, -0.05) is 38.1 Å². The number of allylic oxidation sites excluding steroid dienone is 1. The molecule has 0 atom stereocenters. The summed E-state index contributed by atoms with van der Waals surface area (Å²) in [5, 5.41) is 3.09. The van der Waals surface area contributed by atoms with E-state index >= 15 is 0 Å². The molecule has 76 valence electrons. The van der Waals surface area contributed by atoms with Gasteiger partial charge in [0.25, 0.3) is 0 Å². The lowest BCUT2D eigenvalue weighted by molar-refractivity contribution is 1.08. The first-order valence-corrected chi connectivity index (χ1v) is 5.27. The van der Waals surface area contributed by atoms with Crippen LogP contribution in [0.4, 0.5) is 0 Å². The smallest absolute Gasteiger partial charge is 0.00278 e. The standard InChI is InChI=1S/C13H19N/c1-4-11-7-6-8-13(9-11)12(5-2)10-14-3/h6-10,14H,4-5H2,1-3H3/b12-10-. The average molecular weight is 189 g/mol. The summed E-state index contributed by atoms with van der Waals surface area (Å²) in [5.74, 6) is 0. The molecule has 1 aromatic carbocycles. The topological polar surface area (TPSA) is 12.0 Å². The van der Waals surface area contributed by atoms with Crippen LogP contribution in [0, 0.1) is 0 Å². The van der Waals surface area contributed by atoms with Crippen molar-refractivity contribution in [3.63, 3.8) is 0 Å². The van der Waals surface area contributed by atoms with Gasteiger partial charge in [-0.05, 0) is 35.7 Å². The average Bonchev–Trinajstić information content (AvgIpc) is 2.26. The lowest BCUT2D eigenvalue weighted by Crippen LogP contribution is -1.96. The lowest BCUT2D eigenvalue weighted by atomic mass is 10.0. The molecular formula is C13H19N. The van der Waals surface area contributed by atoms with Gasteiger partial charge in [0, 0.05) is 7.05 Å². The van der Waals surface area contributed by atoms with Crippen molar-refractivity contribution in [1.29, 1.82) is 0 Å². The number of rotatable bonds is 4. The Kier molecular flexibility index (Phi) is 4.24. The third kappa shape index (κ3) is 2.63. The molecule has 1 N–H and O–H groups in total. The predicted molar refractivity (Wildman–Crippen MR) is 63.1 cm³/mol. The second-order valence-corrected chi connectivity index (χ2v) is 3.37. The first-order valence-electron chi connectivity index (χ1n) is 5.27. The summed E-state index contributed by atoms with van der Waals surface area (Å²) in [6.45, 7) is 4.37. The Bertz CT molecular complexity index is 313. The van der Waals surface area contributed by atoms with Crippen molar-refractivity contribution in [3.8, 4) is 0 Å². The van der Waals surface area contributed by atoms with E-state index in [0.717, 1.165) is 12.8 Å². The van der Waals surface area contributed by atoms with Gasteiger partial charge >= 0.3 is 0 Å². The predicted octanol–water partition coefficient (Wildman–Crippen LogP) is 3.22. The molecule has 0 saturated heterocycles. The van der Waals surface area contributed by atoms with Crippen LogP contribution in [0.2, 0.25) is 0 Å². The summed E-state index contributed by atoms with van der Waals surface area (Å²) in [7, 11) is 1.94. The molecular weight excluding hydrogens is 170 g/mol. The second kappa shape index (κ2) is 5.48. The molecule has 1 rings (SSSR count). The largest absolute Gasteiger partial charge is 0.394 e. The molecule has 0 spiro atoms. The summed E-state index contributed by atoms with van der Waals surface area (Å²) in [5.41, 5.74) is 4.10. The molecule has 0 saturated carbocycles. The van der Waals surface area contributed by atoms with E-state index < -0.39 is 0 Å². The Morgan fingerprint density at radius 3 is 2.71 bits per heavy atom. The molecule has 0 aliphatic heterocycles. The SMILES string of the molecule is CC/C(=C/NC)c1cccc(CC)c1. The zero-order chi connectivity index (χ0) is 10.4. The summed E-state index contributed by atoms with van der Waals surface area (Å²) in [4.78, 5) is 0. The van der Waals surface area contributed by atoms with Crippen molar-refractivity contribution in [1.82, 2.24) is 5.32 Å². The van der Waals surface area contributed by atoms with E-state index in [-0.39, 0.29) is 0 Å². The number of aryl methyl sites for hydroxylation is 1. The minimum atomic E-state index is 1.06. The van der Waals surface area contributed by atoms with Gasteiger partial charge in [0.1, 0.15) is 0 Å². The Balaban J connectivity index is 2.98. The van der Waals surface area contributed by atoms with Crippen molar-refractivity contribution < 1.29 is 0 Å². The third-order valence-corrected chi connectivity index (χ3v) is 2.41. The van der Waals surface area contributed by atoms with Crippen LogP contribution in [-0.4, -0.2) is 7.05 Å². The maximum Gasteiger partial charge on any atom is 0.00278 e. The molecule has 0 radical (unpaired) electrons. The van der Waals surface area contributed by atoms with Crippen LogP contribution < -0.4 is 5.32 Å². The van der Waals surface area contributed by atoms with Gasteiger partial charge in [-0.15, -0.1) is 0 Å². The van der Waals surface area contributed by atoms with Gasteiger partial charge in [0.2, 0.25) is 0 Å².